The molecule has 0 aliphatic heterocycles. The Labute approximate surface area is 100 Å². The zero-order valence-corrected chi connectivity index (χ0v) is 11.3. The molecular formula is C13H25N3. The lowest BCUT2D eigenvalue weighted by Crippen LogP contribution is -2.21. The van der Waals surface area contributed by atoms with E-state index in [0.29, 0.717) is 0 Å². The first-order valence-corrected chi connectivity index (χ1v) is 5.95. The number of anilines is 1. The third-order valence-electron chi connectivity index (χ3n) is 2.52. The minimum Gasteiger partial charge on any atom is -0.378 e. The second-order valence-corrected chi connectivity index (χ2v) is 3.72. The summed E-state index contributed by atoms with van der Waals surface area (Å²) >= 11 is 0. The molecule has 3 heteroatoms. The average Bonchev–Trinajstić information content (AvgIpc) is 2.33. The van der Waals surface area contributed by atoms with Crippen LogP contribution in [0.4, 0.5) is 5.69 Å². The Morgan fingerprint density at radius 1 is 0.938 bits per heavy atom. The van der Waals surface area contributed by atoms with Crippen LogP contribution in [0.15, 0.2) is 24.5 Å². The van der Waals surface area contributed by atoms with Crippen molar-refractivity contribution in [3.63, 3.8) is 0 Å². The van der Waals surface area contributed by atoms with Gasteiger partial charge in [0.15, 0.2) is 0 Å². The molecule has 1 aromatic heterocycles. The summed E-state index contributed by atoms with van der Waals surface area (Å²) in [6.45, 7) is 10.1. The highest BCUT2D eigenvalue weighted by molar-refractivity contribution is 5.42. The largest absolute Gasteiger partial charge is 0.378 e. The van der Waals surface area contributed by atoms with Gasteiger partial charge in [-0.05, 0) is 31.8 Å². The average molecular weight is 223 g/mol. The van der Waals surface area contributed by atoms with Crippen molar-refractivity contribution < 1.29 is 0 Å². The standard InChI is InChI=1S/C7H10N2.C6H15N/c1-9(2)7-3-5-8-6-4-7;1-4-7(5-2)6-3/h3-6H,1-2H3;4-6H2,1-3H3. The van der Waals surface area contributed by atoms with E-state index in [1.807, 2.05) is 31.1 Å². The van der Waals surface area contributed by atoms with Crippen molar-refractivity contribution in [1.29, 1.82) is 0 Å². The molecule has 0 saturated carbocycles. The molecule has 1 rings (SSSR count). The number of pyridine rings is 1. The Morgan fingerprint density at radius 2 is 1.38 bits per heavy atom. The van der Waals surface area contributed by atoms with Gasteiger partial charge in [0.2, 0.25) is 0 Å². The lowest BCUT2D eigenvalue weighted by atomic mass is 10.4. The van der Waals surface area contributed by atoms with Crippen LogP contribution in [0.5, 0.6) is 0 Å². The molecular weight excluding hydrogens is 198 g/mol. The number of hydrogen-bond donors (Lipinski definition) is 0. The van der Waals surface area contributed by atoms with Crippen LogP contribution in [-0.4, -0.2) is 43.6 Å². The van der Waals surface area contributed by atoms with Gasteiger partial charge in [0.25, 0.3) is 0 Å². The van der Waals surface area contributed by atoms with Gasteiger partial charge >= 0.3 is 0 Å². The number of rotatable bonds is 4. The van der Waals surface area contributed by atoms with Gasteiger partial charge in [-0.1, -0.05) is 20.8 Å². The van der Waals surface area contributed by atoms with Crippen LogP contribution in [0.25, 0.3) is 0 Å². The molecule has 0 aromatic carbocycles. The van der Waals surface area contributed by atoms with Crippen LogP contribution in [0.3, 0.4) is 0 Å². The van der Waals surface area contributed by atoms with Crippen molar-refractivity contribution in [3.05, 3.63) is 24.5 Å². The molecule has 92 valence electrons. The van der Waals surface area contributed by atoms with Gasteiger partial charge in [-0.3, -0.25) is 4.98 Å². The fraction of sp³-hybridized carbons (Fsp3) is 0.615. The van der Waals surface area contributed by atoms with Gasteiger partial charge in [0, 0.05) is 32.2 Å². The number of aromatic nitrogens is 1. The summed E-state index contributed by atoms with van der Waals surface area (Å²) in [6.07, 6.45) is 3.57. The zero-order valence-electron chi connectivity index (χ0n) is 11.3. The van der Waals surface area contributed by atoms with Crippen molar-refractivity contribution >= 4 is 5.69 Å². The Balaban J connectivity index is 0.000000293. The lowest BCUT2D eigenvalue weighted by molar-refractivity contribution is 0.321. The summed E-state index contributed by atoms with van der Waals surface area (Å²) in [5.41, 5.74) is 1.19. The van der Waals surface area contributed by atoms with Crippen LogP contribution in [0.2, 0.25) is 0 Å². The summed E-state index contributed by atoms with van der Waals surface area (Å²) < 4.78 is 0. The van der Waals surface area contributed by atoms with E-state index in [1.165, 1.54) is 25.3 Å². The fourth-order valence-electron chi connectivity index (χ4n) is 1.31. The van der Waals surface area contributed by atoms with Crippen LogP contribution < -0.4 is 4.90 Å². The summed E-state index contributed by atoms with van der Waals surface area (Å²) in [4.78, 5) is 8.32. The Morgan fingerprint density at radius 3 is 1.56 bits per heavy atom. The molecule has 0 radical (unpaired) electrons. The second kappa shape index (κ2) is 9.16. The predicted molar refractivity (Wildman–Crippen MR) is 72.0 cm³/mol. The van der Waals surface area contributed by atoms with Gasteiger partial charge in [0.05, 0.1) is 0 Å². The molecule has 0 bridgehead atoms. The minimum atomic E-state index is 1.19. The number of hydrogen-bond acceptors (Lipinski definition) is 3. The van der Waals surface area contributed by atoms with Crippen molar-refractivity contribution in [2.45, 2.75) is 20.8 Å². The van der Waals surface area contributed by atoms with Crippen molar-refractivity contribution in [1.82, 2.24) is 9.88 Å². The highest BCUT2D eigenvalue weighted by Gasteiger charge is 1.89. The first-order valence-electron chi connectivity index (χ1n) is 5.95. The molecule has 1 aromatic rings. The molecule has 0 N–H and O–H groups in total. The molecule has 16 heavy (non-hydrogen) atoms. The minimum absolute atomic E-state index is 1.19. The van der Waals surface area contributed by atoms with Crippen molar-refractivity contribution in [2.75, 3.05) is 38.6 Å². The fourth-order valence-corrected chi connectivity index (χ4v) is 1.31. The Hall–Kier alpha value is -1.09. The van der Waals surface area contributed by atoms with E-state index in [-0.39, 0.29) is 0 Å². The highest BCUT2D eigenvalue weighted by Crippen LogP contribution is 2.05. The Bertz CT molecular complexity index is 237. The summed E-state index contributed by atoms with van der Waals surface area (Å²) in [7, 11) is 4.02. The van der Waals surface area contributed by atoms with E-state index in [2.05, 4.69) is 30.7 Å². The van der Waals surface area contributed by atoms with E-state index in [9.17, 15) is 0 Å². The first kappa shape index (κ1) is 14.9. The third-order valence-corrected chi connectivity index (χ3v) is 2.52. The Kier molecular flexibility index (Phi) is 8.53. The van der Waals surface area contributed by atoms with E-state index in [1.54, 1.807) is 12.4 Å². The third kappa shape index (κ3) is 6.40. The van der Waals surface area contributed by atoms with E-state index in [0.717, 1.165) is 0 Å². The van der Waals surface area contributed by atoms with Crippen LogP contribution >= 0.6 is 0 Å². The molecule has 0 saturated heterocycles. The predicted octanol–water partition coefficient (Wildman–Crippen LogP) is 2.50. The van der Waals surface area contributed by atoms with Gasteiger partial charge in [-0.15, -0.1) is 0 Å². The maximum absolute atomic E-state index is 3.90. The summed E-state index contributed by atoms with van der Waals surface area (Å²) in [5, 5.41) is 0. The number of nitrogens with zero attached hydrogens (tertiary/aromatic N) is 3. The van der Waals surface area contributed by atoms with Gasteiger partial charge in [0.1, 0.15) is 0 Å². The monoisotopic (exact) mass is 223 g/mol. The van der Waals surface area contributed by atoms with Gasteiger partial charge in [-0.25, -0.2) is 0 Å². The normalized spacial score (nSPS) is 9.62. The molecule has 0 aliphatic carbocycles. The molecule has 1 heterocycles. The maximum atomic E-state index is 3.90. The lowest BCUT2D eigenvalue weighted by Gasteiger charge is -2.13. The quantitative estimate of drug-likeness (QED) is 0.782. The maximum Gasteiger partial charge on any atom is 0.0391 e. The SMILES string of the molecule is CCN(CC)CC.CN(C)c1ccncc1. The second-order valence-electron chi connectivity index (χ2n) is 3.72. The van der Waals surface area contributed by atoms with E-state index >= 15 is 0 Å². The van der Waals surface area contributed by atoms with Gasteiger partial charge in [-0.2, -0.15) is 0 Å². The highest BCUT2D eigenvalue weighted by atomic mass is 15.1. The van der Waals surface area contributed by atoms with E-state index in [4.69, 9.17) is 0 Å². The van der Waals surface area contributed by atoms with E-state index < -0.39 is 0 Å². The molecule has 0 amide bonds. The summed E-state index contributed by atoms with van der Waals surface area (Å²) in [6, 6.07) is 3.94. The summed E-state index contributed by atoms with van der Waals surface area (Å²) in [5.74, 6) is 0. The van der Waals surface area contributed by atoms with Gasteiger partial charge < -0.3 is 9.80 Å². The first-order chi connectivity index (χ1) is 7.65. The van der Waals surface area contributed by atoms with Crippen molar-refractivity contribution in [3.8, 4) is 0 Å². The molecule has 0 aliphatic rings. The van der Waals surface area contributed by atoms with Crippen molar-refractivity contribution in [2.24, 2.45) is 0 Å². The topological polar surface area (TPSA) is 19.4 Å². The molecule has 0 spiro atoms. The smallest absolute Gasteiger partial charge is 0.0391 e. The molecule has 0 unspecified atom stereocenters. The molecule has 0 fully saturated rings. The molecule has 3 nitrogen and oxygen atoms in total. The van der Waals surface area contributed by atoms with Crippen LogP contribution in [-0.2, 0) is 0 Å². The van der Waals surface area contributed by atoms with Crippen LogP contribution in [0.1, 0.15) is 20.8 Å². The van der Waals surface area contributed by atoms with Crippen LogP contribution in [0, 0.1) is 0 Å². The zero-order chi connectivity index (χ0) is 12.4. The molecule has 0 atom stereocenters.